The molecule has 0 radical (unpaired) electrons. The molecule has 0 bridgehead atoms. The Balaban J connectivity index is 1.71. The summed E-state index contributed by atoms with van der Waals surface area (Å²) >= 11 is 0. The maximum atomic E-state index is 14.2. The third-order valence-corrected chi connectivity index (χ3v) is 6.80. The van der Waals surface area contributed by atoms with Crippen molar-refractivity contribution in [2.75, 3.05) is 32.2 Å². The molecular formula is C21H25FN2O5S. The Kier molecular flexibility index (Phi) is 7.06. The number of aryl methyl sites for hydroxylation is 1. The predicted molar refractivity (Wildman–Crippen MR) is 110 cm³/mol. The summed E-state index contributed by atoms with van der Waals surface area (Å²) in [5.74, 6) is -1.07. The second-order valence-corrected chi connectivity index (χ2v) is 8.95. The van der Waals surface area contributed by atoms with Gasteiger partial charge in [0.2, 0.25) is 15.9 Å². The standard InChI is InChI=1S/C21H25FN2O5S/c1-15-5-8-17(9-6-15)30(26,27)24-11-3-4-19(24)21(25)23-16-7-10-20(18(22)14-16)29-13-12-28-2/h5-10,14,19H,3-4,11-13H2,1-2H3,(H,23,25)/t19-/m0/s1. The lowest BCUT2D eigenvalue weighted by Crippen LogP contribution is -2.43. The van der Waals surface area contributed by atoms with E-state index in [1.807, 2.05) is 6.92 Å². The van der Waals surface area contributed by atoms with Crippen molar-refractivity contribution in [2.45, 2.75) is 30.7 Å². The Bertz CT molecular complexity index is 995. The first-order valence-electron chi connectivity index (χ1n) is 9.63. The molecule has 1 aliphatic rings. The van der Waals surface area contributed by atoms with Crippen LogP contribution >= 0.6 is 0 Å². The third kappa shape index (κ3) is 4.97. The highest BCUT2D eigenvalue weighted by Gasteiger charge is 2.39. The Labute approximate surface area is 175 Å². The maximum absolute atomic E-state index is 14.2. The number of methoxy groups -OCH3 is 1. The van der Waals surface area contributed by atoms with Crippen molar-refractivity contribution in [3.63, 3.8) is 0 Å². The average molecular weight is 437 g/mol. The fourth-order valence-electron chi connectivity index (χ4n) is 3.29. The first kappa shape index (κ1) is 22.2. The molecule has 1 N–H and O–H groups in total. The highest BCUT2D eigenvalue weighted by Crippen LogP contribution is 2.28. The van der Waals surface area contributed by atoms with Crippen molar-refractivity contribution in [3.05, 3.63) is 53.8 Å². The second-order valence-electron chi connectivity index (χ2n) is 7.06. The van der Waals surface area contributed by atoms with Crippen LogP contribution in [0.4, 0.5) is 10.1 Å². The average Bonchev–Trinajstić information content (AvgIpc) is 3.21. The molecule has 1 saturated heterocycles. The van der Waals surface area contributed by atoms with Gasteiger partial charge in [-0.3, -0.25) is 4.79 Å². The molecule has 1 amide bonds. The van der Waals surface area contributed by atoms with E-state index in [-0.39, 0.29) is 29.5 Å². The molecule has 0 unspecified atom stereocenters. The van der Waals surface area contributed by atoms with Gasteiger partial charge >= 0.3 is 0 Å². The van der Waals surface area contributed by atoms with E-state index in [9.17, 15) is 17.6 Å². The van der Waals surface area contributed by atoms with E-state index in [1.165, 1.54) is 35.7 Å². The highest BCUT2D eigenvalue weighted by atomic mass is 32.2. The molecule has 2 aromatic carbocycles. The van der Waals surface area contributed by atoms with E-state index in [1.54, 1.807) is 12.1 Å². The van der Waals surface area contributed by atoms with Crippen molar-refractivity contribution in [1.29, 1.82) is 0 Å². The topological polar surface area (TPSA) is 84.9 Å². The zero-order valence-corrected chi connectivity index (χ0v) is 17.7. The van der Waals surface area contributed by atoms with Crippen LogP contribution in [0.3, 0.4) is 0 Å². The number of sulfonamides is 1. The first-order valence-corrected chi connectivity index (χ1v) is 11.1. The Morgan fingerprint density at radius 1 is 1.20 bits per heavy atom. The van der Waals surface area contributed by atoms with Crippen molar-refractivity contribution in [3.8, 4) is 5.75 Å². The van der Waals surface area contributed by atoms with Gasteiger partial charge in [0, 0.05) is 25.4 Å². The molecule has 0 aliphatic carbocycles. The van der Waals surface area contributed by atoms with E-state index >= 15 is 0 Å². The van der Waals surface area contributed by atoms with E-state index in [0.717, 1.165) is 11.6 Å². The molecule has 1 atom stereocenters. The lowest BCUT2D eigenvalue weighted by Gasteiger charge is -2.23. The molecule has 1 heterocycles. The second kappa shape index (κ2) is 9.55. The third-order valence-electron chi connectivity index (χ3n) is 4.88. The molecule has 9 heteroatoms. The van der Waals surface area contributed by atoms with Crippen LogP contribution in [0.5, 0.6) is 5.75 Å². The smallest absolute Gasteiger partial charge is 0.243 e. The SMILES string of the molecule is COCCOc1ccc(NC(=O)[C@@H]2CCCN2S(=O)(=O)c2ccc(C)cc2)cc1F. The highest BCUT2D eigenvalue weighted by molar-refractivity contribution is 7.89. The lowest BCUT2D eigenvalue weighted by atomic mass is 10.2. The molecule has 1 fully saturated rings. The van der Waals surface area contributed by atoms with Crippen molar-refractivity contribution in [2.24, 2.45) is 0 Å². The molecule has 0 spiro atoms. The molecule has 0 aromatic heterocycles. The van der Waals surface area contributed by atoms with Crippen LogP contribution in [0.1, 0.15) is 18.4 Å². The Morgan fingerprint density at radius 2 is 1.93 bits per heavy atom. The maximum Gasteiger partial charge on any atom is 0.243 e. The van der Waals surface area contributed by atoms with Crippen LogP contribution in [0, 0.1) is 12.7 Å². The van der Waals surface area contributed by atoms with Crippen LogP contribution in [-0.2, 0) is 19.6 Å². The van der Waals surface area contributed by atoms with Crippen LogP contribution < -0.4 is 10.1 Å². The number of nitrogens with zero attached hydrogens (tertiary/aromatic N) is 1. The zero-order chi connectivity index (χ0) is 21.7. The van der Waals surface area contributed by atoms with E-state index < -0.39 is 27.8 Å². The molecule has 0 saturated carbocycles. The van der Waals surface area contributed by atoms with Gasteiger partial charge in [-0.15, -0.1) is 0 Å². The number of benzene rings is 2. The van der Waals surface area contributed by atoms with Crippen LogP contribution in [0.2, 0.25) is 0 Å². The van der Waals surface area contributed by atoms with Crippen molar-refractivity contribution < 1.29 is 27.1 Å². The minimum Gasteiger partial charge on any atom is -0.488 e. The quantitative estimate of drug-likeness (QED) is 0.643. The number of halogens is 1. The van der Waals surface area contributed by atoms with Crippen LogP contribution in [0.15, 0.2) is 47.4 Å². The fourth-order valence-corrected chi connectivity index (χ4v) is 4.95. The monoisotopic (exact) mass is 436 g/mol. The summed E-state index contributed by atoms with van der Waals surface area (Å²) in [6.07, 6.45) is 0.974. The van der Waals surface area contributed by atoms with Gasteiger partial charge in [0.1, 0.15) is 12.6 Å². The number of hydrogen-bond donors (Lipinski definition) is 1. The summed E-state index contributed by atoms with van der Waals surface area (Å²) in [5, 5.41) is 2.62. The molecule has 1 aliphatic heterocycles. The number of carbonyl (C=O) groups is 1. The van der Waals surface area contributed by atoms with Gasteiger partial charge in [0.15, 0.2) is 11.6 Å². The van der Waals surface area contributed by atoms with Crippen molar-refractivity contribution >= 4 is 21.6 Å². The molecule has 7 nitrogen and oxygen atoms in total. The summed E-state index contributed by atoms with van der Waals surface area (Å²) in [6.45, 7) is 2.66. The molecule has 2 aromatic rings. The number of anilines is 1. The van der Waals surface area contributed by atoms with Gasteiger partial charge in [0.05, 0.1) is 11.5 Å². The lowest BCUT2D eigenvalue weighted by molar-refractivity contribution is -0.119. The summed E-state index contributed by atoms with van der Waals surface area (Å²) in [5.41, 5.74) is 1.18. The molecular weight excluding hydrogens is 411 g/mol. The number of nitrogens with one attached hydrogen (secondary N) is 1. The number of rotatable bonds is 8. The van der Waals surface area contributed by atoms with Gasteiger partial charge < -0.3 is 14.8 Å². The normalized spacial score (nSPS) is 17.1. The Morgan fingerprint density at radius 3 is 2.60 bits per heavy atom. The van der Waals surface area contributed by atoms with E-state index in [4.69, 9.17) is 9.47 Å². The summed E-state index contributed by atoms with van der Waals surface area (Å²) in [7, 11) is -2.29. The summed E-state index contributed by atoms with van der Waals surface area (Å²) in [4.78, 5) is 12.9. The number of ether oxygens (including phenoxy) is 2. The van der Waals surface area contributed by atoms with Gasteiger partial charge in [-0.25, -0.2) is 12.8 Å². The van der Waals surface area contributed by atoms with E-state index in [2.05, 4.69) is 5.32 Å². The minimum absolute atomic E-state index is 0.0505. The fraction of sp³-hybridized carbons (Fsp3) is 0.381. The van der Waals surface area contributed by atoms with Gasteiger partial charge in [0.25, 0.3) is 0 Å². The molecule has 162 valence electrons. The number of carbonyl (C=O) groups excluding carboxylic acids is 1. The van der Waals surface area contributed by atoms with Gasteiger partial charge in [-0.1, -0.05) is 17.7 Å². The minimum atomic E-state index is -3.80. The van der Waals surface area contributed by atoms with E-state index in [0.29, 0.717) is 19.4 Å². The predicted octanol–water partition coefficient (Wildman–Crippen LogP) is 2.95. The summed E-state index contributed by atoms with van der Waals surface area (Å²) in [6, 6.07) is 9.73. The number of hydrogen-bond acceptors (Lipinski definition) is 5. The zero-order valence-electron chi connectivity index (χ0n) is 16.9. The van der Waals surface area contributed by atoms with Crippen LogP contribution in [0.25, 0.3) is 0 Å². The van der Waals surface area contributed by atoms with Crippen molar-refractivity contribution in [1.82, 2.24) is 4.31 Å². The van der Waals surface area contributed by atoms with Gasteiger partial charge in [-0.2, -0.15) is 4.31 Å². The molecule has 30 heavy (non-hydrogen) atoms. The first-order chi connectivity index (χ1) is 14.3. The van der Waals surface area contributed by atoms with Gasteiger partial charge in [-0.05, 0) is 44.0 Å². The van der Waals surface area contributed by atoms with Crippen LogP contribution in [-0.4, -0.2) is 51.5 Å². The number of amides is 1. The Hall–Kier alpha value is -2.49. The largest absolute Gasteiger partial charge is 0.488 e. The molecule has 3 rings (SSSR count). The summed E-state index contributed by atoms with van der Waals surface area (Å²) < 4.78 is 51.5.